The summed E-state index contributed by atoms with van der Waals surface area (Å²) in [5, 5.41) is 4.06. The van der Waals surface area contributed by atoms with Crippen LogP contribution in [0.2, 0.25) is 10.0 Å². The van der Waals surface area contributed by atoms with Crippen molar-refractivity contribution in [2.24, 2.45) is 5.92 Å². The van der Waals surface area contributed by atoms with E-state index in [0.717, 1.165) is 11.3 Å². The molecule has 1 aromatic heterocycles. The van der Waals surface area contributed by atoms with Gasteiger partial charge in [0.2, 0.25) is 5.91 Å². The summed E-state index contributed by atoms with van der Waals surface area (Å²) < 4.78 is 5.78. The number of amides is 2. The molecule has 0 saturated carbocycles. The minimum atomic E-state index is -0.375. The Kier molecular flexibility index (Phi) is 6.96. The van der Waals surface area contributed by atoms with E-state index in [9.17, 15) is 9.59 Å². The number of para-hydroxylation sites is 1. The average Bonchev–Trinajstić information content (AvgIpc) is 3.29. The smallest absolute Gasteiger partial charge is 0.291 e. The van der Waals surface area contributed by atoms with Crippen LogP contribution in [-0.4, -0.2) is 42.9 Å². The molecule has 33 heavy (non-hydrogen) atoms. The molecule has 1 aliphatic heterocycles. The molecule has 4 rings (SSSR count). The van der Waals surface area contributed by atoms with Gasteiger partial charge in [-0.2, -0.15) is 0 Å². The van der Waals surface area contributed by atoms with E-state index in [2.05, 4.69) is 10.2 Å². The van der Waals surface area contributed by atoms with Crippen LogP contribution < -0.4 is 10.2 Å². The van der Waals surface area contributed by atoms with Crippen molar-refractivity contribution in [1.29, 1.82) is 0 Å². The van der Waals surface area contributed by atoms with Crippen LogP contribution >= 0.6 is 23.2 Å². The summed E-state index contributed by atoms with van der Waals surface area (Å²) in [6, 6.07) is 16.0. The number of furan rings is 1. The largest absolute Gasteiger partial charge is 0.451 e. The molecule has 1 N–H and O–H groups in total. The van der Waals surface area contributed by atoms with E-state index in [1.54, 1.807) is 36.4 Å². The van der Waals surface area contributed by atoms with Gasteiger partial charge < -0.3 is 19.5 Å². The minimum absolute atomic E-state index is 0.0307. The second-order valence-electron chi connectivity index (χ2n) is 8.23. The number of anilines is 2. The third kappa shape index (κ3) is 5.18. The lowest BCUT2D eigenvalue weighted by atomic mass is 10.1. The predicted octanol–water partition coefficient (Wildman–Crippen LogP) is 5.81. The van der Waals surface area contributed by atoms with E-state index in [1.807, 2.05) is 36.9 Å². The average molecular weight is 486 g/mol. The SMILES string of the molecule is CC(C)C(=O)N1CCN(c2c(Cl)cccc2NC(=O)c2ccc(-c3cccc(Cl)c3)o2)CC1. The molecular formula is C25H25Cl2N3O3. The maximum atomic E-state index is 12.9. The fourth-order valence-electron chi connectivity index (χ4n) is 3.89. The summed E-state index contributed by atoms with van der Waals surface area (Å²) in [7, 11) is 0. The molecule has 0 aliphatic carbocycles. The van der Waals surface area contributed by atoms with E-state index in [0.29, 0.717) is 47.7 Å². The van der Waals surface area contributed by atoms with Crippen molar-refractivity contribution < 1.29 is 14.0 Å². The molecular weight excluding hydrogens is 461 g/mol. The number of halogens is 2. The van der Waals surface area contributed by atoms with Gasteiger partial charge in [-0.25, -0.2) is 0 Å². The number of hydrogen-bond donors (Lipinski definition) is 1. The Bertz CT molecular complexity index is 1170. The number of rotatable bonds is 5. The summed E-state index contributed by atoms with van der Waals surface area (Å²) in [5.41, 5.74) is 2.13. The Hall–Kier alpha value is -2.96. The van der Waals surface area contributed by atoms with E-state index in [1.165, 1.54) is 0 Å². The molecule has 1 saturated heterocycles. The molecule has 3 aromatic rings. The van der Waals surface area contributed by atoms with Gasteiger partial charge in [-0.05, 0) is 36.4 Å². The van der Waals surface area contributed by atoms with E-state index < -0.39 is 0 Å². The number of hydrogen-bond acceptors (Lipinski definition) is 4. The lowest BCUT2D eigenvalue weighted by Crippen LogP contribution is -2.50. The van der Waals surface area contributed by atoms with Crippen molar-refractivity contribution >= 4 is 46.4 Å². The highest BCUT2D eigenvalue weighted by molar-refractivity contribution is 6.34. The zero-order valence-electron chi connectivity index (χ0n) is 18.5. The van der Waals surface area contributed by atoms with Gasteiger partial charge in [-0.15, -0.1) is 0 Å². The molecule has 172 valence electrons. The van der Waals surface area contributed by atoms with Crippen LogP contribution in [-0.2, 0) is 4.79 Å². The van der Waals surface area contributed by atoms with Crippen LogP contribution in [0.25, 0.3) is 11.3 Å². The molecule has 2 heterocycles. The van der Waals surface area contributed by atoms with Crippen molar-refractivity contribution in [3.8, 4) is 11.3 Å². The van der Waals surface area contributed by atoms with Crippen molar-refractivity contribution in [2.75, 3.05) is 36.4 Å². The molecule has 2 amide bonds. The standard InChI is InChI=1S/C25H25Cl2N3O3/c1-16(2)25(32)30-13-11-29(12-14-30)23-19(27)7-4-8-20(23)28-24(31)22-10-9-21(33-22)17-5-3-6-18(26)15-17/h3-10,15-16H,11-14H2,1-2H3,(H,28,31). The summed E-state index contributed by atoms with van der Waals surface area (Å²) in [6.07, 6.45) is 0. The second-order valence-corrected chi connectivity index (χ2v) is 9.08. The van der Waals surface area contributed by atoms with Gasteiger partial charge >= 0.3 is 0 Å². The zero-order valence-corrected chi connectivity index (χ0v) is 20.0. The van der Waals surface area contributed by atoms with Crippen molar-refractivity contribution in [1.82, 2.24) is 4.90 Å². The zero-order chi connectivity index (χ0) is 23.5. The number of benzene rings is 2. The van der Waals surface area contributed by atoms with Crippen LogP contribution in [0.3, 0.4) is 0 Å². The van der Waals surface area contributed by atoms with Crippen LogP contribution in [0.1, 0.15) is 24.4 Å². The van der Waals surface area contributed by atoms with Crippen LogP contribution in [0.15, 0.2) is 59.0 Å². The highest BCUT2D eigenvalue weighted by atomic mass is 35.5. The quantitative estimate of drug-likeness (QED) is 0.494. The number of piperazine rings is 1. The molecule has 2 aromatic carbocycles. The summed E-state index contributed by atoms with van der Waals surface area (Å²) in [4.78, 5) is 29.2. The molecule has 1 fully saturated rings. The predicted molar refractivity (Wildman–Crippen MR) is 132 cm³/mol. The fourth-order valence-corrected chi connectivity index (χ4v) is 4.38. The van der Waals surface area contributed by atoms with Crippen molar-refractivity contribution in [3.63, 3.8) is 0 Å². The molecule has 0 spiro atoms. The van der Waals surface area contributed by atoms with Gasteiger partial charge in [0.05, 0.1) is 16.4 Å². The van der Waals surface area contributed by atoms with E-state index >= 15 is 0 Å². The Labute approximate surface area is 203 Å². The Morgan fingerprint density at radius 3 is 2.39 bits per heavy atom. The number of carbonyl (C=O) groups excluding carboxylic acids is 2. The van der Waals surface area contributed by atoms with Crippen molar-refractivity contribution in [3.05, 3.63) is 70.4 Å². The third-order valence-electron chi connectivity index (χ3n) is 5.58. The molecule has 0 unspecified atom stereocenters. The van der Waals surface area contributed by atoms with Crippen LogP contribution in [0.4, 0.5) is 11.4 Å². The first kappa shape index (κ1) is 23.2. The first-order chi connectivity index (χ1) is 15.8. The van der Waals surface area contributed by atoms with E-state index in [-0.39, 0.29) is 23.5 Å². The monoisotopic (exact) mass is 485 g/mol. The lowest BCUT2D eigenvalue weighted by molar-refractivity contribution is -0.134. The Balaban J connectivity index is 1.50. The molecule has 6 nitrogen and oxygen atoms in total. The first-order valence-electron chi connectivity index (χ1n) is 10.8. The maximum absolute atomic E-state index is 12.9. The van der Waals surface area contributed by atoms with Gasteiger partial charge in [0.25, 0.3) is 5.91 Å². The lowest BCUT2D eigenvalue weighted by Gasteiger charge is -2.38. The van der Waals surface area contributed by atoms with Gasteiger partial charge in [0.1, 0.15) is 5.76 Å². The highest BCUT2D eigenvalue weighted by Crippen LogP contribution is 2.35. The minimum Gasteiger partial charge on any atom is -0.451 e. The Morgan fingerprint density at radius 2 is 1.70 bits per heavy atom. The summed E-state index contributed by atoms with van der Waals surface area (Å²) >= 11 is 12.6. The van der Waals surface area contributed by atoms with Crippen LogP contribution in [0.5, 0.6) is 0 Å². The number of nitrogens with one attached hydrogen (secondary N) is 1. The van der Waals surface area contributed by atoms with Gasteiger partial charge in [-0.3, -0.25) is 9.59 Å². The number of nitrogens with zero attached hydrogens (tertiary/aromatic N) is 2. The summed E-state index contributed by atoms with van der Waals surface area (Å²) in [6.45, 7) is 6.29. The Morgan fingerprint density at radius 1 is 0.970 bits per heavy atom. The molecule has 8 heteroatoms. The molecule has 0 radical (unpaired) electrons. The maximum Gasteiger partial charge on any atom is 0.291 e. The third-order valence-corrected chi connectivity index (χ3v) is 6.12. The van der Waals surface area contributed by atoms with E-state index in [4.69, 9.17) is 27.6 Å². The van der Waals surface area contributed by atoms with Gasteiger partial charge in [0.15, 0.2) is 5.76 Å². The number of carbonyl (C=O) groups is 2. The fraction of sp³-hybridized carbons (Fsp3) is 0.280. The normalized spacial score (nSPS) is 14.0. The topological polar surface area (TPSA) is 65.8 Å². The van der Waals surface area contributed by atoms with Gasteiger partial charge in [-0.1, -0.05) is 55.2 Å². The summed E-state index contributed by atoms with van der Waals surface area (Å²) in [5.74, 6) is 0.482. The van der Waals surface area contributed by atoms with Crippen molar-refractivity contribution in [2.45, 2.75) is 13.8 Å². The molecule has 0 bridgehead atoms. The van der Waals surface area contributed by atoms with Crippen LogP contribution in [0, 0.1) is 5.92 Å². The second kappa shape index (κ2) is 9.89. The van der Waals surface area contributed by atoms with Gasteiger partial charge in [0, 0.05) is 42.7 Å². The first-order valence-corrected chi connectivity index (χ1v) is 11.6. The molecule has 0 atom stereocenters. The highest BCUT2D eigenvalue weighted by Gasteiger charge is 2.26. The molecule has 1 aliphatic rings.